The number of hydrogen-bond acceptors (Lipinski definition) is 4. The van der Waals surface area contributed by atoms with E-state index in [9.17, 15) is 9.59 Å². The zero-order valence-corrected chi connectivity index (χ0v) is 16.2. The number of halogens is 1. The SMILES string of the molecule is COc1ccc(N2CCN(C(=O)c3ccc(Cl)cc3)C(C)C2=O)c(OC)c1. The van der Waals surface area contributed by atoms with E-state index in [1.165, 1.54) is 0 Å². The number of nitrogens with zero attached hydrogens (tertiary/aromatic N) is 2. The van der Waals surface area contributed by atoms with Crippen molar-refractivity contribution in [1.82, 2.24) is 4.90 Å². The van der Waals surface area contributed by atoms with Crippen molar-refractivity contribution in [1.29, 1.82) is 0 Å². The minimum absolute atomic E-state index is 0.160. The van der Waals surface area contributed by atoms with Gasteiger partial charge in [-0.25, -0.2) is 0 Å². The predicted molar refractivity (Wildman–Crippen MR) is 104 cm³/mol. The average Bonchev–Trinajstić information content (AvgIpc) is 2.69. The molecule has 0 bridgehead atoms. The fraction of sp³-hybridized carbons (Fsp3) is 0.300. The molecule has 1 aliphatic heterocycles. The van der Waals surface area contributed by atoms with Gasteiger partial charge in [0.1, 0.15) is 17.5 Å². The van der Waals surface area contributed by atoms with Gasteiger partial charge in [-0.05, 0) is 43.3 Å². The number of carbonyl (C=O) groups is 2. The molecular weight excluding hydrogens is 368 g/mol. The third-order valence-electron chi connectivity index (χ3n) is 4.69. The summed E-state index contributed by atoms with van der Waals surface area (Å²) < 4.78 is 10.6. The summed E-state index contributed by atoms with van der Waals surface area (Å²) in [5.41, 5.74) is 1.17. The summed E-state index contributed by atoms with van der Waals surface area (Å²) in [6.45, 7) is 2.53. The molecule has 1 atom stereocenters. The molecule has 27 heavy (non-hydrogen) atoms. The minimum atomic E-state index is -0.589. The van der Waals surface area contributed by atoms with E-state index in [0.29, 0.717) is 40.9 Å². The van der Waals surface area contributed by atoms with Gasteiger partial charge in [-0.2, -0.15) is 0 Å². The van der Waals surface area contributed by atoms with Crippen LogP contribution in [-0.2, 0) is 4.79 Å². The van der Waals surface area contributed by atoms with Gasteiger partial charge >= 0.3 is 0 Å². The van der Waals surface area contributed by atoms with E-state index in [4.69, 9.17) is 21.1 Å². The zero-order chi connectivity index (χ0) is 19.6. The number of benzene rings is 2. The van der Waals surface area contributed by atoms with Crippen molar-refractivity contribution < 1.29 is 19.1 Å². The number of methoxy groups -OCH3 is 2. The van der Waals surface area contributed by atoms with Crippen LogP contribution in [0.25, 0.3) is 0 Å². The van der Waals surface area contributed by atoms with Crippen molar-refractivity contribution in [2.45, 2.75) is 13.0 Å². The maximum atomic E-state index is 13.0. The number of anilines is 1. The van der Waals surface area contributed by atoms with Gasteiger partial charge in [0.05, 0.1) is 19.9 Å². The first-order chi connectivity index (χ1) is 13.0. The smallest absolute Gasteiger partial charge is 0.254 e. The molecule has 1 heterocycles. The van der Waals surface area contributed by atoms with E-state index in [1.807, 2.05) is 0 Å². The molecule has 1 fully saturated rings. The monoisotopic (exact) mass is 388 g/mol. The van der Waals surface area contributed by atoms with Crippen LogP contribution in [0.1, 0.15) is 17.3 Å². The van der Waals surface area contributed by atoms with Gasteiger partial charge in [0, 0.05) is 29.7 Å². The topological polar surface area (TPSA) is 59.1 Å². The highest BCUT2D eigenvalue weighted by Crippen LogP contribution is 2.34. The van der Waals surface area contributed by atoms with Crippen LogP contribution < -0.4 is 14.4 Å². The van der Waals surface area contributed by atoms with Gasteiger partial charge in [0.15, 0.2) is 0 Å². The molecule has 2 aromatic rings. The molecule has 0 N–H and O–H groups in total. The largest absolute Gasteiger partial charge is 0.497 e. The minimum Gasteiger partial charge on any atom is -0.497 e. The van der Waals surface area contributed by atoms with E-state index in [2.05, 4.69) is 0 Å². The first-order valence-corrected chi connectivity index (χ1v) is 8.94. The van der Waals surface area contributed by atoms with Gasteiger partial charge in [0.2, 0.25) is 5.91 Å². The average molecular weight is 389 g/mol. The molecule has 0 aliphatic carbocycles. The van der Waals surface area contributed by atoms with E-state index in [1.54, 1.807) is 73.4 Å². The van der Waals surface area contributed by atoms with E-state index < -0.39 is 6.04 Å². The first-order valence-electron chi connectivity index (χ1n) is 8.56. The van der Waals surface area contributed by atoms with Crippen molar-refractivity contribution in [2.24, 2.45) is 0 Å². The predicted octanol–water partition coefficient (Wildman–Crippen LogP) is 3.23. The Bertz CT molecular complexity index is 854. The molecule has 2 amide bonds. The summed E-state index contributed by atoms with van der Waals surface area (Å²) in [6, 6.07) is 11.4. The number of piperazine rings is 1. The second-order valence-electron chi connectivity index (χ2n) is 6.21. The Labute approximate surface area is 163 Å². The molecule has 1 aliphatic rings. The molecule has 1 unspecified atom stereocenters. The third-order valence-corrected chi connectivity index (χ3v) is 4.94. The lowest BCUT2D eigenvalue weighted by Crippen LogP contribution is -2.57. The van der Waals surface area contributed by atoms with Crippen LogP contribution in [0, 0.1) is 0 Å². The highest BCUT2D eigenvalue weighted by atomic mass is 35.5. The fourth-order valence-corrected chi connectivity index (χ4v) is 3.28. The second-order valence-corrected chi connectivity index (χ2v) is 6.65. The summed E-state index contributed by atoms with van der Waals surface area (Å²) in [6.07, 6.45) is 0. The van der Waals surface area contributed by atoms with Gasteiger partial charge < -0.3 is 19.3 Å². The first kappa shape index (κ1) is 19.0. The maximum Gasteiger partial charge on any atom is 0.254 e. The molecule has 7 heteroatoms. The van der Waals surface area contributed by atoms with Crippen LogP contribution in [0.15, 0.2) is 42.5 Å². The van der Waals surface area contributed by atoms with Crippen molar-refractivity contribution in [3.8, 4) is 11.5 Å². The van der Waals surface area contributed by atoms with Crippen LogP contribution in [0.3, 0.4) is 0 Å². The van der Waals surface area contributed by atoms with Gasteiger partial charge in [-0.3, -0.25) is 9.59 Å². The van der Waals surface area contributed by atoms with Gasteiger partial charge in [-0.1, -0.05) is 11.6 Å². The summed E-state index contributed by atoms with van der Waals surface area (Å²) in [7, 11) is 3.12. The number of rotatable bonds is 4. The highest BCUT2D eigenvalue weighted by Gasteiger charge is 2.36. The van der Waals surface area contributed by atoms with Crippen molar-refractivity contribution in [3.63, 3.8) is 0 Å². The normalized spacial score (nSPS) is 17.0. The molecule has 0 saturated carbocycles. The number of hydrogen-bond donors (Lipinski definition) is 0. The Morgan fingerprint density at radius 2 is 1.78 bits per heavy atom. The van der Waals surface area contributed by atoms with Crippen LogP contribution in [0.5, 0.6) is 11.5 Å². The van der Waals surface area contributed by atoms with Gasteiger partial charge in [0.25, 0.3) is 5.91 Å². The van der Waals surface area contributed by atoms with Gasteiger partial charge in [-0.15, -0.1) is 0 Å². The van der Waals surface area contributed by atoms with Crippen LogP contribution >= 0.6 is 11.6 Å². The molecule has 2 aromatic carbocycles. The standard InChI is InChI=1S/C20H21ClN2O4/c1-13-19(24)23(17-9-8-16(26-2)12-18(17)27-3)11-10-22(13)20(25)14-4-6-15(21)7-5-14/h4-9,12-13H,10-11H2,1-3H3. The zero-order valence-electron chi connectivity index (χ0n) is 15.4. The molecule has 6 nitrogen and oxygen atoms in total. The maximum absolute atomic E-state index is 13.0. The Kier molecular flexibility index (Phi) is 5.56. The quantitative estimate of drug-likeness (QED) is 0.806. The molecule has 142 valence electrons. The Morgan fingerprint density at radius 3 is 2.41 bits per heavy atom. The number of carbonyl (C=O) groups excluding carboxylic acids is 2. The Hall–Kier alpha value is -2.73. The van der Waals surface area contributed by atoms with E-state index >= 15 is 0 Å². The molecule has 0 spiro atoms. The van der Waals surface area contributed by atoms with Crippen LogP contribution in [0.2, 0.25) is 5.02 Å². The number of ether oxygens (including phenoxy) is 2. The highest BCUT2D eigenvalue weighted by molar-refractivity contribution is 6.30. The third kappa shape index (κ3) is 3.71. The lowest BCUT2D eigenvalue weighted by Gasteiger charge is -2.39. The molecular formula is C20H21ClN2O4. The molecule has 1 saturated heterocycles. The Morgan fingerprint density at radius 1 is 1.07 bits per heavy atom. The lowest BCUT2D eigenvalue weighted by molar-refractivity contribution is -0.124. The van der Waals surface area contributed by atoms with Crippen LogP contribution in [0.4, 0.5) is 5.69 Å². The van der Waals surface area contributed by atoms with Crippen LogP contribution in [-0.4, -0.2) is 50.1 Å². The van der Waals surface area contributed by atoms with E-state index in [-0.39, 0.29) is 11.8 Å². The molecule has 0 aromatic heterocycles. The molecule has 0 radical (unpaired) electrons. The summed E-state index contributed by atoms with van der Waals surface area (Å²) in [5, 5.41) is 0.562. The second kappa shape index (κ2) is 7.88. The molecule has 3 rings (SSSR count). The van der Waals surface area contributed by atoms with Crippen molar-refractivity contribution in [2.75, 3.05) is 32.2 Å². The lowest BCUT2D eigenvalue weighted by atomic mass is 10.1. The van der Waals surface area contributed by atoms with Crippen molar-refractivity contribution in [3.05, 3.63) is 53.1 Å². The summed E-state index contributed by atoms with van der Waals surface area (Å²) >= 11 is 5.88. The van der Waals surface area contributed by atoms with E-state index in [0.717, 1.165) is 0 Å². The fourth-order valence-electron chi connectivity index (χ4n) is 3.15. The Balaban J connectivity index is 1.82. The summed E-state index contributed by atoms with van der Waals surface area (Å²) in [5.74, 6) is 0.848. The summed E-state index contributed by atoms with van der Waals surface area (Å²) in [4.78, 5) is 29.0. The number of amides is 2. The van der Waals surface area contributed by atoms with Crippen molar-refractivity contribution >= 4 is 29.1 Å².